The lowest BCUT2D eigenvalue weighted by molar-refractivity contribution is -0.118. The molecule has 0 unspecified atom stereocenters. The quantitative estimate of drug-likeness (QED) is 0.0437. The van der Waals surface area contributed by atoms with E-state index in [0.717, 1.165) is 118 Å². The average molecular weight is 1710 g/mol. The van der Waals surface area contributed by atoms with E-state index in [9.17, 15) is 14.9 Å². The van der Waals surface area contributed by atoms with Crippen molar-refractivity contribution in [3.05, 3.63) is 59.4 Å². The minimum absolute atomic E-state index is 0.123. The Kier molecular flexibility index (Phi) is 67.5. The van der Waals surface area contributed by atoms with E-state index in [1.807, 2.05) is 12.1 Å². The molecule has 1 saturated heterocycles. The van der Waals surface area contributed by atoms with E-state index in [1.165, 1.54) is 17.4 Å². The van der Waals surface area contributed by atoms with Gasteiger partial charge in [0.25, 0.3) is 0 Å². The highest BCUT2D eigenvalue weighted by molar-refractivity contribution is 8.13. The number of anilines is 2. The van der Waals surface area contributed by atoms with Gasteiger partial charge in [-0.2, -0.15) is 5.26 Å². The minimum atomic E-state index is 0.123. The molecule has 5 rings (SSSR count). The van der Waals surface area contributed by atoms with Crippen LogP contribution in [0.15, 0.2) is 42.5 Å². The van der Waals surface area contributed by atoms with Crippen molar-refractivity contribution in [1.82, 2.24) is 19.4 Å². The van der Waals surface area contributed by atoms with Gasteiger partial charge in [0.05, 0.1) is 340 Å². The second-order valence-electron chi connectivity index (χ2n) is 27.2. The number of rotatable bonds is 88. The number of carbonyl (C=O) groups is 2. The van der Waals surface area contributed by atoms with Crippen LogP contribution in [0.1, 0.15) is 75.2 Å². The number of piperazine rings is 1. The van der Waals surface area contributed by atoms with Gasteiger partial charge < -0.3 is 129 Å². The van der Waals surface area contributed by atoms with E-state index in [1.54, 1.807) is 18.4 Å². The number of unbranched alkanes of at least 4 members (excludes halogenated alkanes) is 4. The number of imidazole rings is 1. The Bertz CT molecular complexity index is 3090. The number of nitrogens with zero attached hydrogens (tertiary/aromatic N) is 6. The van der Waals surface area contributed by atoms with Crippen molar-refractivity contribution in [2.24, 2.45) is 0 Å². The molecule has 3 heterocycles. The fraction of sp³-hybridized carbons (Fsp3) is 0.776. The molecule has 0 saturated carbocycles. The lowest BCUT2D eigenvalue weighted by Crippen LogP contribution is -2.47. The molecule has 0 atom stereocenters. The molecule has 34 heteroatoms. The second-order valence-corrected chi connectivity index (χ2v) is 28.1. The van der Waals surface area contributed by atoms with E-state index in [-0.39, 0.29) is 10.9 Å². The third-order valence-corrected chi connectivity index (χ3v) is 18.7. The Morgan fingerprint density at radius 3 is 1.11 bits per heavy atom. The number of nitriles is 1. The Labute approximate surface area is 710 Å². The minimum Gasteiger partial charge on any atom is -0.382 e. The summed E-state index contributed by atoms with van der Waals surface area (Å²) in [6.07, 6.45) is 9.92. The number of hydrogen-bond donors (Lipinski definition) is 1. The van der Waals surface area contributed by atoms with E-state index in [4.69, 9.17) is 129 Å². The number of pyridine rings is 1. The van der Waals surface area contributed by atoms with Crippen LogP contribution in [-0.4, -0.2) is 386 Å². The number of ether oxygens (including phenoxy) is 24. The number of nitrogen functional groups attached to an aromatic ring is 1. The van der Waals surface area contributed by atoms with Crippen LogP contribution in [0.5, 0.6) is 0 Å². The van der Waals surface area contributed by atoms with Gasteiger partial charge in [0.2, 0.25) is 0 Å². The van der Waals surface area contributed by atoms with Gasteiger partial charge in [-0.3, -0.25) is 14.5 Å². The molecule has 0 bridgehead atoms. The number of Topliss-reactive ketones (excluding diaryl/α,β-unsaturated/α-hetero) is 1. The summed E-state index contributed by atoms with van der Waals surface area (Å²) in [6, 6.07) is 16.0. The smallest absolute Gasteiger partial charge is 0.190 e. The summed E-state index contributed by atoms with van der Waals surface area (Å²) in [4.78, 5) is 38.7. The number of fused-ring (bicyclic) bond motifs is 3. The van der Waals surface area contributed by atoms with Crippen molar-refractivity contribution in [3.8, 4) is 6.07 Å². The third-order valence-electron chi connectivity index (χ3n) is 18.1. The molecule has 0 amide bonds. The molecule has 680 valence electrons. The first-order chi connectivity index (χ1) is 58.9. The number of carbonyl (C=O) groups excluding carboxylic acids is 2. The number of benzene rings is 2. The van der Waals surface area contributed by atoms with Crippen LogP contribution in [0, 0.1) is 11.3 Å². The van der Waals surface area contributed by atoms with Gasteiger partial charge in [0.15, 0.2) is 10.9 Å². The molecule has 2 aromatic carbocycles. The first kappa shape index (κ1) is 105. The predicted octanol–water partition coefficient (Wildman–Crippen LogP) is 6.94. The monoisotopic (exact) mass is 1710 g/mol. The summed E-state index contributed by atoms with van der Waals surface area (Å²) in [5, 5.41) is 10.4. The lowest BCUT2D eigenvalue weighted by atomic mass is 10.0. The normalized spacial score (nSPS) is 12.7. The summed E-state index contributed by atoms with van der Waals surface area (Å²) >= 11 is 1.21. The van der Waals surface area contributed by atoms with Gasteiger partial charge in [-0.15, -0.1) is 0 Å². The average Bonchev–Trinajstić information content (AvgIpc) is 1.62. The molecule has 0 radical (unpaired) electrons. The molecule has 0 aliphatic carbocycles. The van der Waals surface area contributed by atoms with E-state index in [0.29, 0.717) is 348 Å². The highest BCUT2D eigenvalue weighted by Crippen LogP contribution is 2.33. The molecule has 1 aliphatic rings. The van der Waals surface area contributed by atoms with Crippen molar-refractivity contribution >= 4 is 56.1 Å². The zero-order valence-electron chi connectivity index (χ0n) is 71.6. The summed E-state index contributed by atoms with van der Waals surface area (Å²) in [7, 11) is 0. The molecule has 33 nitrogen and oxygen atoms in total. The standard InChI is InChI=1S/C85H143N7O26S/c1-3-4-13-81-89-83-84(92(81)17-8-6-5-7-12-78(93)72-75-10-9-11-76(71-75)74-86)79-73-77(14-15-80(79)88-85(83)87)91-20-18-90(19-21-91)22-24-96-26-28-98-30-32-100-34-36-102-38-40-104-42-44-106-46-48-108-50-52-110-54-56-112-58-60-114-62-64-116-66-68-118-70-69-117-67-65-115-63-61-113-59-57-111-55-53-109-51-49-107-47-45-105-43-41-103-39-37-101-35-33-99-31-29-97-27-25-95-23-16-82(94)119-2/h9-11,14-15,71,73H,3-8,12-13,16-70,72H2,1-2H3,(H2,87,88). The van der Waals surface area contributed by atoms with Crippen molar-refractivity contribution in [2.45, 2.75) is 77.7 Å². The zero-order chi connectivity index (χ0) is 84.1. The first-order valence-corrected chi connectivity index (χ1v) is 44.1. The highest BCUT2D eigenvalue weighted by atomic mass is 32.2. The second kappa shape index (κ2) is 76.7. The van der Waals surface area contributed by atoms with Crippen molar-refractivity contribution in [2.75, 3.05) is 367 Å². The Balaban J connectivity index is 0.652. The van der Waals surface area contributed by atoms with Crippen molar-refractivity contribution in [1.29, 1.82) is 5.26 Å². The number of aromatic nitrogens is 3. The number of ketones is 1. The Morgan fingerprint density at radius 1 is 0.403 bits per heavy atom. The molecule has 4 aromatic rings. The molecule has 1 fully saturated rings. The zero-order valence-corrected chi connectivity index (χ0v) is 72.4. The molecule has 119 heavy (non-hydrogen) atoms. The molecule has 1 aliphatic heterocycles. The maximum absolute atomic E-state index is 12.7. The lowest BCUT2D eigenvalue weighted by Gasteiger charge is -2.36. The highest BCUT2D eigenvalue weighted by Gasteiger charge is 2.22. The van der Waals surface area contributed by atoms with Crippen molar-refractivity contribution in [3.63, 3.8) is 0 Å². The van der Waals surface area contributed by atoms with Crippen LogP contribution in [0.4, 0.5) is 11.5 Å². The van der Waals surface area contributed by atoms with Gasteiger partial charge in [-0.25, -0.2) is 9.97 Å². The maximum atomic E-state index is 12.7. The largest absolute Gasteiger partial charge is 0.382 e. The van der Waals surface area contributed by atoms with E-state index in [2.05, 4.69) is 45.6 Å². The van der Waals surface area contributed by atoms with Crippen LogP contribution < -0.4 is 10.6 Å². The fourth-order valence-corrected chi connectivity index (χ4v) is 12.0. The predicted molar refractivity (Wildman–Crippen MR) is 452 cm³/mol. The Morgan fingerprint density at radius 2 is 0.756 bits per heavy atom. The molecule has 0 spiro atoms. The third kappa shape index (κ3) is 55.9. The molecule has 2 aromatic heterocycles. The SMILES string of the molecule is CCCCc1nc2c(N)nc3ccc(N4CCN(CCOCCOCCOCCOCCOCCOCCOCCOCCOCCOCCOCCOCCOCCOCCOCCOCCOCCOCCOCCOCCOCCOCCOCCOCCC(=O)SC)CC4)cc3c2n1CCCCCCC(=O)Cc1cccc(C#N)c1. The van der Waals surface area contributed by atoms with Crippen LogP contribution in [-0.2, 0) is 143 Å². The summed E-state index contributed by atoms with van der Waals surface area (Å²) < 4.78 is 136. The summed E-state index contributed by atoms with van der Waals surface area (Å²) in [5.41, 5.74) is 12.0. The van der Waals surface area contributed by atoms with Gasteiger partial charge in [0.1, 0.15) is 17.1 Å². The van der Waals surface area contributed by atoms with E-state index < -0.39 is 0 Å². The molecule has 2 N–H and O–H groups in total. The van der Waals surface area contributed by atoms with Crippen LogP contribution in [0.3, 0.4) is 0 Å². The Hall–Kier alpha value is -4.90. The number of thioether (sulfide) groups is 1. The fourth-order valence-electron chi connectivity index (χ4n) is 11.8. The summed E-state index contributed by atoms with van der Waals surface area (Å²) in [5.74, 6) is 1.74. The van der Waals surface area contributed by atoms with Crippen LogP contribution >= 0.6 is 11.8 Å². The van der Waals surface area contributed by atoms with Crippen LogP contribution in [0.2, 0.25) is 0 Å². The maximum Gasteiger partial charge on any atom is 0.190 e. The molecular weight excluding hydrogens is 1570 g/mol. The number of nitrogens with two attached hydrogens (primary N) is 1. The van der Waals surface area contributed by atoms with Gasteiger partial charge >= 0.3 is 0 Å². The molecular formula is C85H143N7O26S. The van der Waals surface area contributed by atoms with Gasteiger partial charge in [-0.1, -0.05) is 50.1 Å². The van der Waals surface area contributed by atoms with E-state index >= 15 is 0 Å². The summed E-state index contributed by atoms with van der Waals surface area (Å²) in [6.45, 7) is 30.8. The van der Waals surface area contributed by atoms with Crippen molar-refractivity contribution < 1.29 is 123 Å². The van der Waals surface area contributed by atoms with Gasteiger partial charge in [-0.05, 0) is 61.4 Å². The number of hydrogen-bond acceptors (Lipinski definition) is 33. The van der Waals surface area contributed by atoms with Gasteiger partial charge in [0, 0.05) is 76.0 Å². The van der Waals surface area contributed by atoms with Crippen LogP contribution in [0.25, 0.3) is 21.9 Å². The topological polar surface area (TPSA) is 343 Å². The number of aryl methyl sites for hydroxylation is 2. The first-order valence-electron chi connectivity index (χ1n) is 42.9.